The van der Waals surface area contributed by atoms with Gasteiger partial charge in [-0.2, -0.15) is 5.10 Å². The molecule has 0 unspecified atom stereocenters. The summed E-state index contributed by atoms with van der Waals surface area (Å²) in [4.78, 5) is 21.1. The number of hydrogen-bond donors (Lipinski definition) is 2. The van der Waals surface area contributed by atoms with Gasteiger partial charge in [0.05, 0.1) is 0 Å². The van der Waals surface area contributed by atoms with E-state index in [4.69, 9.17) is 5.73 Å². The van der Waals surface area contributed by atoms with Crippen molar-refractivity contribution in [3.05, 3.63) is 0 Å². The molecule has 1 rings (SSSR count). The lowest BCUT2D eigenvalue weighted by atomic mass is 9.86. The van der Waals surface area contributed by atoms with Gasteiger partial charge in [-0.25, -0.2) is 5.43 Å². The Bertz CT molecular complexity index is 270. The van der Waals surface area contributed by atoms with Crippen LogP contribution in [0.4, 0.5) is 0 Å². The molecule has 0 atom stereocenters. The largest absolute Gasteiger partial charge is 0.361 e. The molecule has 0 saturated heterocycles. The minimum absolute atomic E-state index is 0.798. The summed E-state index contributed by atoms with van der Waals surface area (Å²) in [5.74, 6) is -1.08. The van der Waals surface area contributed by atoms with Crippen LogP contribution in [-0.4, -0.2) is 18.0 Å². The average molecular weight is 225 g/mol. The molecule has 0 spiro atoms. The van der Waals surface area contributed by atoms with Crippen molar-refractivity contribution in [3.63, 3.8) is 0 Å². The van der Waals surface area contributed by atoms with Gasteiger partial charge in [-0.1, -0.05) is 32.1 Å². The zero-order valence-corrected chi connectivity index (χ0v) is 9.45. The van der Waals surface area contributed by atoms with Crippen molar-refractivity contribution < 1.29 is 9.59 Å². The van der Waals surface area contributed by atoms with E-state index in [1.807, 2.05) is 0 Å². The van der Waals surface area contributed by atoms with Gasteiger partial charge >= 0.3 is 11.8 Å². The normalized spacial score (nSPS) is 17.5. The lowest BCUT2D eigenvalue weighted by Crippen LogP contribution is -2.32. The van der Waals surface area contributed by atoms with E-state index in [9.17, 15) is 9.59 Å². The standard InChI is InChI=1S/C11H19N3O2/c12-10(15)11(16)14-13-8-4-7-9-5-2-1-3-6-9/h8-9H,1-7H2,(H2,12,15)(H,14,16)/b13-8+. The average Bonchev–Trinajstić information content (AvgIpc) is 2.29. The van der Waals surface area contributed by atoms with Crippen molar-refractivity contribution in [2.45, 2.75) is 44.9 Å². The predicted octanol–water partition coefficient (Wildman–Crippen LogP) is 0.934. The van der Waals surface area contributed by atoms with Gasteiger partial charge in [0, 0.05) is 6.21 Å². The number of nitrogens with one attached hydrogen (secondary N) is 1. The first-order valence-electron chi connectivity index (χ1n) is 5.81. The van der Waals surface area contributed by atoms with Crippen LogP contribution in [0.3, 0.4) is 0 Å². The fourth-order valence-corrected chi connectivity index (χ4v) is 2.01. The maximum atomic E-state index is 10.7. The van der Waals surface area contributed by atoms with Crippen LogP contribution in [-0.2, 0) is 9.59 Å². The molecule has 90 valence electrons. The Morgan fingerprint density at radius 3 is 2.62 bits per heavy atom. The second-order valence-electron chi connectivity index (χ2n) is 4.20. The lowest BCUT2D eigenvalue weighted by molar-refractivity contribution is -0.137. The molecule has 3 N–H and O–H groups in total. The Balaban J connectivity index is 2.07. The Hall–Kier alpha value is -1.39. The fraction of sp³-hybridized carbons (Fsp3) is 0.727. The van der Waals surface area contributed by atoms with Crippen LogP contribution in [0.25, 0.3) is 0 Å². The van der Waals surface area contributed by atoms with Crippen LogP contribution in [0.5, 0.6) is 0 Å². The predicted molar refractivity (Wildman–Crippen MR) is 61.6 cm³/mol. The minimum atomic E-state index is -1.01. The number of hydrogen-bond acceptors (Lipinski definition) is 3. The first-order chi connectivity index (χ1) is 7.70. The van der Waals surface area contributed by atoms with Crippen molar-refractivity contribution in [3.8, 4) is 0 Å². The van der Waals surface area contributed by atoms with E-state index in [1.165, 1.54) is 32.1 Å². The molecular formula is C11H19N3O2. The van der Waals surface area contributed by atoms with E-state index in [2.05, 4.69) is 10.5 Å². The van der Waals surface area contributed by atoms with Crippen LogP contribution in [0.2, 0.25) is 0 Å². The number of carbonyl (C=O) groups excluding carboxylic acids is 2. The summed E-state index contributed by atoms with van der Waals surface area (Å²) in [6, 6.07) is 0. The van der Waals surface area contributed by atoms with Crippen LogP contribution in [0, 0.1) is 5.92 Å². The quantitative estimate of drug-likeness (QED) is 0.424. The molecule has 0 aromatic heterocycles. The number of nitrogens with two attached hydrogens (primary N) is 1. The highest BCUT2D eigenvalue weighted by molar-refractivity contribution is 6.34. The molecule has 1 saturated carbocycles. The zero-order valence-electron chi connectivity index (χ0n) is 9.45. The molecule has 1 aliphatic rings. The van der Waals surface area contributed by atoms with Crippen LogP contribution in [0.1, 0.15) is 44.9 Å². The molecule has 5 nitrogen and oxygen atoms in total. The van der Waals surface area contributed by atoms with Gasteiger partial charge in [0.15, 0.2) is 0 Å². The molecular weight excluding hydrogens is 206 g/mol. The molecule has 16 heavy (non-hydrogen) atoms. The van der Waals surface area contributed by atoms with E-state index in [0.717, 1.165) is 18.8 Å². The SMILES string of the molecule is NC(=O)C(=O)N/N=C/CCC1CCCCC1. The maximum absolute atomic E-state index is 10.7. The van der Waals surface area contributed by atoms with Gasteiger partial charge in [-0.3, -0.25) is 9.59 Å². The Kier molecular flexibility index (Phi) is 5.53. The fourth-order valence-electron chi connectivity index (χ4n) is 2.01. The summed E-state index contributed by atoms with van der Waals surface area (Å²) in [6.07, 6.45) is 10.2. The van der Waals surface area contributed by atoms with Gasteiger partial charge < -0.3 is 5.73 Å². The first kappa shape index (κ1) is 12.7. The highest BCUT2D eigenvalue weighted by atomic mass is 16.2. The van der Waals surface area contributed by atoms with Crippen molar-refractivity contribution in [1.29, 1.82) is 0 Å². The summed E-state index contributed by atoms with van der Waals surface area (Å²) in [5, 5.41) is 3.65. The number of nitrogens with zero attached hydrogens (tertiary/aromatic N) is 1. The Morgan fingerprint density at radius 1 is 1.31 bits per heavy atom. The van der Waals surface area contributed by atoms with Gasteiger partial charge in [0.2, 0.25) is 0 Å². The number of hydrazone groups is 1. The Labute approximate surface area is 95.5 Å². The smallest absolute Gasteiger partial charge is 0.329 e. The van der Waals surface area contributed by atoms with Crippen molar-refractivity contribution in [2.75, 3.05) is 0 Å². The van der Waals surface area contributed by atoms with Crippen molar-refractivity contribution >= 4 is 18.0 Å². The third-order valence-electron chi connectivity index (χ3n) is 2.91. The second-order valence-corrected chi connectivity index (χ2v) is 4.20. The second kappa shape index (κ2) is 6.98. The molecule has 0 aliphatic heterocycles. The van der Waals surface area contributed by atoms with E-state index in [0.29, 0.717) is 0 Å². The summed E-state index contributed by atoms with van der Waals surface area (Å²) in [5.41, 5.74) is 6.82. The van der Waals surface area contributed by atoms with E-state index < -0.39 is 11.8 Å². The highest BCUT2D eigenvalue weighted by Gasteiger charge is 2.12. The van der Waals surface area contributed by atoms with E-state index in [1.54, 1.807) is 6.21 Å². The third kappa shape index (κ3) is 4.91. The molecule has 0 radical (unpaired) electrons. The molecule has 0 bridgehead atoms. The van der Waals surface area contributed by atoms with Gasteiger partial charge in [-0.15, -0.1) is 0 Å². The van der Waals surface area contributed by atoms with Crippen LogP contribution in [0.15, 0.2) is 5.10 Å². The molecule has 2 amide bonds. The number of carbonyl (C=O) groups is 2. The van der Waals surface area contributed by atoms with Crippen molar-refractivity contribution in [1.82, 2.24) is 5.43 Å². The summed E-state index contributed by atoms with van der Waals surface area (Å²) in [7, 11) is 0. The number of primary amides is 1. The maximum Gasteiger partial charge on any atom is 0.329 e. The zero-order chi connectivity index (χ0) is 11.8. The molecule has 5 heteroatoms. The van der Waals surface area contributed by atoms with Gasteiger partial charge in [0.25, 0.3) is 0 Å². The number of rotatable bonds is 4. The van der Waals surface area contributed by atoms with Gasteiger partial charge in [-0.05, 0) is 18.8 Å². The first-order valence-corrected chi connectivity index (χ1v) is 5.81. The summed E-state index contributed by atoms with van der Waals surface area (Å²) in [6.45, 7) is 0. The van der Waals surface area contributed by atoms with Crippen molar-refractivity contribution in [2.24, 2.45) is 16.8 Å². The number of amides is 2. The van der Waals surface area contributed by atoms with E-state index in [-0.39, 0.29) is 0 Å². The Morgan fingerprint density at radius 2 is 2.00 bits per heavy atom. The third-order valence-corrected chi connectivity index (χ3v) is 2.91. The molecule has 0 aromatic rings. The molecule has 1 aliphatic carbocycles. The van der Waals surface area contributed by atoms with Crippen LogP contribution < -0.4 is 11.2 Å². The molecule has 0 aromatic carbocycles. The van der Waals surface area contributed by atoms with Crippen LogP contribution >= 0.6 is 0 Å². The van der Waals surface area contributed by atoms with Gasteiger partial charge in [0.1, 0.15) is 0 Å². The monoisotopic (exact) mass is 225 g/mol. The topological polar surface area (TPSA) is 84.5 Å². The minimum Gasteiger partial charge on any atom is -0.361 e. The lowest BCUT2D eigenvalue weighted by Gasteiger charge is -2.20. The van der Waals surface area contributed by atoms with E-state index >= 15 is 0 Å². The summed E-state index contributed by atoms with van der Waals surface area (Å²) >= 11 is 0. The molecule has 1 fully saturated rings. The molecule has 0 heterocycles. The summed E-state index contributed by atoms with van der Waals surface area (Å²) < 4.78 is 0. The highest BCUT2D eigenvalue weighted by Crippen LogP contribution is 2.26.